The van der Waals surface area contributed by atoms with Crippen molar-refractivity contribution >= 4 is 29.2 Å². The molecule has 0 aliphatic carbocycles. The molecular formula is C29H31F3N4O3. The molecule has 7 nitrogen and oxygen atoms in total. The predicted molar refractivity (Wildman–Crippen MR) is 145 cm³/mol. The number of amides is 2. The average Bonchev–Trinajstić information content (AvgIpc) is 3.39. The number of anilines is 1. The van der Waals surface area contributed by atoms with Crippen LogP contribution in [0.15, 0.2) is 42.5 Å². The number of hydrogen-bond donors (Lipinski definition) is 3. The van der Waals surface area contributed by atoms with Crippen molar-refractivity contribution in [3.8, 4) is 16.9 Å². The number of aromatic nitrogens is 1. The van der Waals surface area contributed by atoms with Crippen LogP contribution < -0.4 is 15.4 Å². The van der Waals surface area contributed by atoms with E-state index in [9.17, 15) is 22.8 Å². The summed E-state index contributed by atoms with van der Waals surface area (Å²) in [5.74, 6) is -0.703. The van der Waals surface area contributed by atoms with Gasteiger partial charge in [0, 0.05) is 42.3 Å². The van der Waals surface area contributed by atoms with Gasteiger partial charge in [-0.3, -0.25) is 9.59 Å². The number of H-pyrrole nitrogens is 1. The number of halogens is 3. The van der Waals surface area contributed by atoms with Gasteiger partial charge in [0.05, 0.1) is 11.1 Å². The maximum Gasteiger partial charge on any atom is 0.573 e. The molecule has 0 saturated heterocycles. The van der Waals surface area contributed by atoms with Crippen molar-refractivity contribution in [3.63, 3.8) is 0 Å². The molecule has 0 fully saturated rings. The topological polar surface area (TPSA) is 86.5 Å². The molecule has 0 saturated carbocycles. The van der Waals surface area contributed by atoms with Gasteiger partial charge in [0.25, 0.3) is 11.8 Å². The third-order valence-electron chi connectivity index (χ3n) is 6.75. The van der Waals surface area contributed by atoms with Gasteiger partial charge >= 0.3 is 6.36 Å². The van der Waals surface area contributed by atoms with Gasteiger partial charge in [-0.15, -0.1) is 13.2 Å². The second kappa shape index (κ2) is 11.4. The Hall–Kier alpha value is -4.05. The molecule has 2 heterocycles. The highest BCUT2D eigenvalue weighted by Gasteiger charge is 2.32. The van der Waals surface area contributed by atoms with Crippen LogP contribution in [0.2, 0.25) is 0 Å². The van der Waals surface area contributed by atoms with E-state index in [-0.39, 0.29) is 17.6 Å². The Kier molecular flexibility index (Phi) is 8.15. The number of likely N-dealkylation sites (N-methyl/N-ethyl adjacent to an activating group) is 2. The molecule has 10 heteroatoms. The molecule has 4 rings (SSSR count). The zero-order valence-corrected chi connectivity index (χ0v) is 22.3. The third kappa shape index (κ3) is 5.85. The van der Waals surface area contributed by atoms with E-state index in [1.54, 1.807) is 23.1 Å². The van der Waals surface area contributed by atoms with E-state index in [1.165, 1.54) is 24.3 Å². The molecule has 1 aromatic heterocycles. The minimum atomic E-state index is -4.78. The molecule has 206 valence electrons. The number of rotatable bonds is 9. The Morgan fingerprint density at radius 2 is 1.85 bits per heavy atom. The number of carbonyl (C=O) groups excluding carboxylic acids is 2. The predicted octanol–water partition coefficient (Wildman–Crippen LogP) is 5.63. The minimum Gasteiger partial charge on any atom is -0.406 e. The number of nitrogens with one attached hydrogen (secondary N) is 3. The van der Waals surface area contributed by atoms with E-state index in [0.29, 0.717) is 65.3 Å². The summed E-state index contributed by atoms with van der Waals surface area (Å²) in [6.45, 7) is 7.57. The summed E-state index contributed by atoms with van der Waals surface area (Å²) >= 11 is 0. The fraction of sp³-hybridized carbons (Fsp3) is 0.310. The van der Waals surface area contributed by atoms with Crippen LogP contribution >= 0.6 is 0 Å². The summed E-state index contributed by atoms with van der Waals surface area (Å²) in [6, 6.07) is 10.9. The molecule has 2 amide bonds. The molecule has 0 unspecified atom stereocenters. The van der Waals surface area contributed by atoms with Gasteiger partial charge in [0.15, 0.2) is 0 Å². The quantitative estimate of drug-likeness (QED) is 0.307. The first kappa shape index (κ1) is 28.0. The Bertz CT molecular complexity index is 1410. The third-order valence-corrected chi connectivity index (χ3v) is 6.75. The van der Waals surface area contributed by atoms with Crippen molar-refractivity contribution in [2.45, 2.75) is 33.6 Å². The maximum atomic E-state index is 13.4. The second-order valence-corrected chi connectivity index (χ2v) is 9.17. The van der Waals surface area contributed by atoms with Crippen LogP contribution in [0.4, 0.5) is 18.9 Å². The molecule has 1 aliphatic heterocycles. The maximum absolute atomic E-state index is 13.4. The molecule has 1 aliphatic rings. The van der Waals surface area contributed by atoms with E-state index in [1.807, 2.05) is 33.9 Å². The average molecular weight is 541 g/mol. The van der Waals surface area contributed by atoms with Gasteiger partial charge in [0.2, 0.25) is 0 Å². The number of fused-ring (bicyclic) bond motifs is 1. The van der Waals surface area contributed by atoms with Gasteiger partial charge in [0.1, 0.15) is 5.75 Å². The number of aryl methyl sites for hydroxylation is 1. The Labute approximate surface area is 225 Å². The number of hydrogen-bond acceptors (Lipinski definition) is 4. The molecule has 0 bridgehead atoms. The van der Waals surface area contributed by atoms with Crippen LogP contribution in [0.1, 0.15) is 46.7 Å². The van der Waals surface area contributed by atoms with Crippen LogP contribution in [0.3, 0.4) is 0 Å². The first-order valence-electron chi connectivity index (χ1n) is 12.8. The van der Waals surface area contributed by atoms with Crippen molar-refractivity contribution in [2.75, 3.05) is 32.0 Å². The lowest BCUT2D eigenvalue weighted by Gasteiger charge is -2.21. The number of carbonyl (C=O) groups is 2. The molecule has 0 atom stereocenters. The van der Waals surface area contributed by atoms with Crippen LogP contribution in [-0.2, 0) is 11.2 Å². The molecule has 39 heavy (non-hydrogen) atoms. The van der Waals surface area contributed by atoms with E-state index in [4.69, 9.17) is 0 Å². The summed E-state index contributed by atoms with van der Waals surface area (Å²) < 4.78 is 41.8. The fourth-order valence-corrected chi connectivity index (χ4v) is 4.80. The van der Waals surface area contributed by atoms with Crippen molar-refractivity contribution < 1.29 is 27.5 Å². The summed E-state index contributed by atoms with van der Waals surface area (Å²) in [6.07, 6.45) is -2.44. The fourth-order valence-electron chi connectivity index (χ4n) is 4.80. The molecule has 3 aromatic rings. The summed E-state index contributed by atoms with van der Waals surface area (Å²) in [5.41, 5.74) is 5.73. The summed E-state index contributed by atoms with van der Waals surface area (Å²) in [4.78, 5) is 31.7. The van der Waals surface area contributed by atoms with Crippen molar-refractivity contribution in [1.82, 2.24) is 15.2 Å². The van der Waals surface area contributed by atoms with Gasteiger partial charge in [-0.2, -0.15) is 0 Å². The lowest BCUT2D eigenvalue weighted by atomic mass is 9.94. The SMILES string of the molecule is CCc1[nH]c(/C=C2\C(=O)Nc3cccc(-c4ccc(OC(F)(F)F)cc4)c32)c(C)c1C(=O)N(CC)CCNC. The van der Waals surface area contributed by atoms with Crippen LogP contribution in [0, 0.1) is 6.92 Å². The standard InChI is InChI=1S/C29H31F3N4O3/c1-5-22-25(28(38)36(6-2)15-14-33-4)17(3)24(34-22)16-21-26-20(8-7-9-23(26)35-27(21)37)18-10-12-19(13-11-18)39-29(30,31)32/h7-13,16,33-34H,5-6,14-15H2,1-4H3,(H,35,37)/b21-16-. The first-order chi connectivity index (χ1) is 18.6. The number of nitrogens with zero attached hydrogens (tertiary/aromatic N) is 1. The monoisotopic (exact) mass is 540 g/mol. The highest BCUT2D eigenvalue weighted by Crippen LogP contribution is 2.41. The zero-order valence-electron chi connectivity index (χ0n) is 22.3. The highest BCUT2D eigenvalue weighted by molar-refractivity contribution is 6.36. The molecular weight excluding hydrogens is 509 g/mol. The van der Waals surface area contributed by atoms with Gasteiger partial charge in [-0.25, -0.2) is 0 Å². The van der Waals surface area contributed by atoms with Crippen molar-refractivity contribution in [2.24, 2.45) is 0 Å². The minimum absolute atomic E-state index is 0.0684. The number of benzene rings is 2. The Balaban J connectivity index is 1.76. The van der Waals surface area contributed by atoms with Crippen molar-refractivity contribution in [1.29, 1.82) is 0 Å². The smallest absolute Gasteiger partial charge is 0.406 e. The van der Waals surface area contributed by atoms with Gasteiger partial charge in [-0.05, 0) is 68.3 Å². The summed E-state index contributed by atoms with van der Waals surface area (Å²) in [7, 11) is 1.84. The van der Waals surface area contributed by atoms with E-state index in [2.05, 4.69) is 20.4 Å². The molecule has 2 aromatic carbocycles. The normalized spacial score (nSPS) is 13.9. The Morgan fingerprint density at radius 3 is 2.46 bits per heavy atom. The highest BCUT2D eigenvalue weighted by atomic mass is 19.4. The number of ether oxygens (including phenoxy) is 1. The zero-order chi connectivity index (χ0) is 28.3. The molecule has 0 spiro atoms. The van der Waals surface area contributed by atoms with Crippen LogP contribution in [0.25, 0.3) is 22.8 Å². The number of aromatic amines is 1. The first-order valence-corrected chi connectivity index (χ1v) is 12.8. The molecule has 3 N–H and O–H groups in total. The lowest BCUT2D eigenvalue weighted by molar-refractivity contribution is -0.274. The van der Waals surface area contributed by atoms with E-state index < -0.39 is 6.36 Å². The largest absolute Gasteiger partial charge is 0.573 e. The van der Waals surface area contributed by atoms with Crippen molar-refractivity contribution in [3.05, 3.63) is 70.5 Å². The van der Waals surface area contributed by atoms with Crippen LogP contribution in [0.5, 0.6) is 5.75 Å². The van der Waals surface area contributed by atoms with Gasteiger partial charge < -0.3 is 25.3 Å². The Morgan fingerprint density at radius 1 is 1.13 bits per heavy atom. The second-order valence-electron chi connectivity index (χ2n) is 9.17. The summed E-state index contributed by atoms with van der Waals surface area (Å²) in [5, 5.41) is 5.94. The lowest BCUT2D eigenvalue weighted by Crippen LogP contribution is -2.36. The van der Waals surface area contributed by atoms with Crippen LogP contribution in [-0.4, -0.2) is 54.7 Å². The van der Waals surface area contributed by atoms with Gasteiger partial charge in [-0.1, -0.05) is 31.2 Å². The van der Waals surface area contributed by atoms with E-state index in [0.717, 1.165) is 11.3 Å². The number of alkyl halides is 3. The molecule has 0 radical (unpaired) electrons. The van der Waals surface area contributed by atoms with E-state index >= 15 is 0 Å².